The fourth-order valence-electron chi connectivity index (χ4n) is 6.97. The second-order valence-electron chi connectivity index (χ2n) is 11.3. The average molecular weight is 441 g/mol. The summed E-state index contributed by atoms with van der Waals surface area (Å²) in [5.74, 6) is 2.97. The third kappa shape index (κ3) is 3.36. The van der Waals surface area contributed by atoms with Gasteiger partial charge < -0.3 is 0 Å². The van der Waals surface area contributed by atoms with E-state index in [9.17, 15) is 9.59 Å². The minimum absolute atomic E-state index is 0.00124. The van der Waals surface area contributed by atoms with E-state index in [-0.39, 0.29) is 17.0 Å². The van der Waals surface area contributed by atoms with E-state index < -0.39 is 0 Å². The summed E-state index contributed by atoms with van der Waals surface area (Å²) in [4.78, 5) is 26.7. The summed E-state index contributed by atoms with van der Waals surface area (Å²) in [7, 11) is 0. The molecule has 0 saturated heterocycles. The molecule has 172 valence electrons. The second kappa shape index (κ2) is 8.08. The lowest BCUT2D eigenvalue weighted by atomic mass is 9.60. The quantitative estimate of drug-likeness (QED) is 0.396. The zero-order chi connectivity index (χ0) is 23.5. The molecule has 1 fully saturated rings. The smallest absolute Gasteiger partial charge is 0.194 e. The Morgan fingerprint density at radius 1 is 0.879 bits per heavy atom. The highest BCUT2D eigenvalue weighted by molar-refractivity contribution is 6.29. The van der Waals surface area contributed by atoms with Crippen LogP contribution in [0.5, 0.6) is 0 Å². The van der Waals surface area contributed by atoms with Gasteiger partial charge in [0.15, 0.2) is 11.6 Å². The van der Waals surface area contributed by atoms with Gasteiger partial charge >= 0.3 is 0 Å². The standard InChI is InChI=1S/C31H36O2/c1-18(2)19(3)10-11-20(4)26-14-15-27-21-12-13-25-28(22(21)16-17-31(26,27)5)30(33)24-9-7-6-8-23(24)29(25)32/h6-13,18-20,26-27H,14-17H2,1-5H3/b11-10+/t19-,20+,26+,27-,31+/m0/s1. The van der Waals surface area contributed by atoms with E-state index in [1.807, 2.05) is 24.3 Å². The molecule has 0 bridgehead atoms. The Kier molecular flexibility index (Phi) is 5.46. The lowest BCUT2D eigenvalue weighted by molar-refractivity contribution is 0.0975. The number of hydrogen-bond donors (Lipinski definition) is 0. The highest BCUT2D eigenvalue weighted by atomic mass is 16.1. The van der Waals surface area contributed by atoms with Crippen molar-refractivity contribution in [1.82, 2.24) is 0 Å². The van der Waals surface area contributed by atoms with Crippen LogP contribution < -0.4 is 0 Å². The van der Waals surface area contributed by atoms with Gasteiger partial charge in [-0.1, -0.05) is 77.1 Å². The molecule has 0 spiro atoms. The molecule has 2 aromatic carbocycles. The van der Waals surface area contributed by atoms with Crippen LogP contribution in [-0.4, -0.2) is 11.6 Å². The van der Waals surface area contributed by atoms with Gasteiger partial charge in [-0.05, 0) is 77.9 Å². The summed E-state index contributed by atoms with van der Waals surface area (Å²) in [5.41, 5.74) is 5.14. The number of carbonyl (C=O) groups excluding carboxylic acids is 2. The van der Waals surface area contributed by atoms with Crippen molar-refractivity contribution in [1.29, 1.82) is 0 Å². The molecule has 0 radical (unpaired) electrons. The van der Waals surface area contributed by atoms with Crippen molar-refractivity contribution in [2.45, 2.75) is 66.2 Å². The summed E-state index contributed by atoms with van der Waals surface area (Å²) >= 11 is 0. The Balaban J connectivity index is 1.50. The van der Waals surface area contributed by atoms with Crippen molar-refractivity contribution in [3.8, 4) is 0 Å². The second-order valence-corrected chi connectivity index (χ2v) is 11.3. The molecule has 0 aromatic heterocycles. The Hall–Kier alpha value is -2.48. The average Bonchev–Trinajstić information content (AvgIpc) is 3.17. The maximum absolute atomic E-state index is 13.5. The monoisotopic (exact) mass is 440 g/mol. The summed E-state index contributed by atoms with van der Waals surface area (Å²) < 4.78 is 0. The molecule has 33 heavy (non-hydrogen) atoms. The van der Waals surface area contributed by atoms with Gasteiger partial charge in [0.05, 0.1) is 0 Å². The molecule has 5 atom stereocenters. The molecule has 0 heterocycles. The van der Waals surface area contributed by atoms with Crippen LogP contribution in [0.4, 0.5) is 0 Å². The van der Waals surface area contributed by atoms with E-state index in [2.05, 4.69) is 52.8 Å². The maximum atomic E-state index is 13.5. The minimum atomic E-state index is -0.00124. The molecule has 3 aliphatic carbocycles. The van der Waals surface area contributed by atoms with Crippen LogP contribution in [0.2, 0.25) is 0 Å². The summed E-state index contributed by atoms with van der Waals surface area (Å²) in [6.45, 7) is 11.8. The molecule has 2 aromatic rings. The van der Waals surface area contributed by atoms with Crippen molar-refractivity contribution in [2.75, 3.05) is 0 Å². The number of ketones is 2. The van der Waals surface area contributed by atoms with Gasteiger partial charge in [-0.25, -0.2) is 0 Å². The molecular formula is C31H36O2. The van der Waals surface area contributed by atoms with Crippen LogP contribution in [0.15, 0.2) is 48.6 Å². The van der Waals surface area contributed by atoms with E-state index in [1.54, 1.807) is 6.07 Å². The Morgan fingerprint density at radius 2 is 1.58 bits per heavy atom. The Bertz CT molecular complexity index is 1150. The van der Waals surface area contributed by atoms with Crippen molar-refractivity contribution < 1.29 is 9.59 Å². The molecule has 1 saturated carbocycles. The van der Waals surface area contributed by atoms with Crippen LogP contribution in [0, 0.1) is 29.1 Å². The van der Waals surface area contributed by atoms with E-state index >= 15 is 0 Å². The normalized spacial score (nSPS) is 27.8. The summed E-state index contributed by atoms with van der Waals surface area (Å²) in [5, 5.41) is 0. The lowest BCUT2D eigenvalue weighted by Gasteiger charge is -2.44. The molecule has 0 unspecified atom stereocenters. The number of fused-ring (bicyclic) bond motifs is 6. The third-order valence-electron chi connectivity index (χ3n) is 9.34. The SMILES string of the molecule is CC(C)[C@@H](C)/C=C/[C@@H](C)[C@H]1CC[C@H]2c3ccc4c(c3CC[C@]12C)C(=O)c1ccccc1C4=O. The number of allylic oxidation sites excluding steroid dienone is 2. The first-order valence-corrected chi connectivity index (χ1v) is 12.8. The summed E-state index contributed by atoms with van der Waals surface area (Å²) in [6.07, 6.45) is 9.26. The first kappa shape index (κ1) is 22.3. The minimum Gasteiger partial charge on any atom is -0.289 e. The van der Waals surface area contributed by atoms with E-state index in [0.717, 1.165) is 18.4 Å². The van der Waals surface area contributed by atoms with E-state index in [1.165, 1.54) is 18.4 Å². The maximum Gasteiger partial charge on any atom is 0.194 e. The molecule has 0 amide bonds. The van der Waals surface area contributed by atoms with Gasteiger partial charge in [-0.3, -0.25) is 9.59 Å². The molecule has 0 aliphatic heterocycles. The largest absolute Gasteiger partial charge is 0.289 e. The van der Waals surface area contributed by atoms with Crippen LogP contribution in [-0.2, 0) is 6.42 Å². The number of carbonyl (C=O) groups is 2. The number of hydrogen-bond acceptors (Lipinski definition) is 2. The lowest BCUT2D eigenvalue weighted by Crippen LogP contribution is -2.36. The fraction of sp³-hybridized carbons (Fsp3) is 0.484. The van der Waals surface area contributed by atoms with Gasteiger partial charge in [0, 0.05) is 22.3 Å². The van der Waals surface area contributed by atoms with E-state index in [0.29, 0.717) is 51.8 Å². The van der Waals surface area contributed by atoms with Gasteiger partial charge in [-0.15, -0.1) is 0 Å². The van der Waals surface area contributed by atoms with Gasteiger partial charge in [0.1, 0.15) is 0 Å². The highest BCUT2D eigenvalue weighted by Crippen LogP contribution is 2.61. The zero-order valence-electron chi connectivity index (χ0n) is 20.7. The fourth-order valence-corrected chi connectivity index (χ4v) is 6.97. The topological polar surface area (TPSA) is 34.1 Å². The zero-order valence-corrected chi connectivity index (χ0v) is 20.7. The Labute approximate surface area is 198 Å². The van der Waals surface area contributed by atoms with Crippen LogP contribution >= 0.6 is 0 Å². The van der Waals surface area contributed by atoms with Crippen LogP contribution in [0.3, 0.4) is 0 Å². The first-order valence-electron chi connectivity index (χ1n) is 12.8. The molecule has 3 aliphatic rings. The third-order valence-corrected chi connectivity index (χ3v) is 9.34. The molecular weight excluding hydrogens is 404 g/mol. The van der Waals surface area contributed by atoms with E-state index in [4.69, 9.17) is 0 Å². The predicted octanol–water partition coefficient (Wildman–Crippen LogP) is 7.39. The Morgan fingerprint density at radius 3 is 2.27 bits per heavy atom. The number of benzene rings is 2. The molecule has 5 rings (SSSR count). The van der Waals surface area contributed by atoms with Crippen molar-refractivity contribution in [3.63, 3.8) is 0 Å². The highest BCUT2D eigenvalue weighted by Gasteiger charge is 2.51. The van der Waals surface area contributed by atoms with Crippen molar-refractivity contribution in [2.24, 2.45) is 29.1 Å². The number of rotatable bonds is 4. The van der Waals surface area contributed by atoms with Crippen molar-refractivity contribution in [3.05, 3.63) is 81.9 Å². The molecule has 2 heteroatoms. The van der Waals surface area contributed by atoms with Gasteiger partial charge in [0.25, 0.3) is 0 Å². The summed E-state index contributed by atoms with van der Waals surface area (Å²) in [6, 6.07) is 11.4. The predicted molar refractivity (Wildman–Crippen MR) is 134 cm³/mol. The van der Waals surface area contributed by atoms with Crippen molar-refractivity contribution >= 4 is 11.6 Å². The van der Waals surface area contributed by atoms with Crippen LogP contribution in [0.1, 0.15) is 103 Å². The first-order chi connectivity index (χ1) is 15.7. The molecule has 2 nitrogen and oxygen atoms in total. The van der Waals surface area contributed by atoms with Gasteiger partial charge in [0.2, 0.25) is 0 Å². The van der Waals surface area contributed by atoms with Gasteiger partial charge in [-0.2, -0.15) is 0 Å². The van der Waals surface area contributed by atoms with Crippen LogP contribution in [0.25, 0.3) is 0 Å². The molecule has 0 N–H and O–H groups in total.